The Morgan fingerprint density at radius 1 is 1.20 bits per heavy atom. The van der Waals surface area contributed by atoms with Gasteiger partial charge in [0.15, 0.2) is 0 Å². The van der Waals surface area contributed by atoms with Crippen molar-refractivity contribution in [1.82, 2.24) is 0 Å². The van der Waals surface area contributed by atoms with Gasteiger partial charge in [0.05, 0.1) is 0 Å². The Hall–Kier alpha value is 0.0500. The smallest absolute Gasteiger partial charge is 0.0207 e. The Labute approximate surface area is 75.2 Å². The van der Waals surface area contributed by atoms with Crippen LogP contribution < -0.4 is 0 Å². The SMILES string of the molecule is Cc1cc(Br)c(C)cc1S. The summed E-state index contributed by atoms with van der Waals surface area (Å²) in [5, 5.41) is 0. The summed E-state index contributed by atoms with van der Waals surface area (Å²) in [6, 6.07) is 4.14. The van der Waals surface area contributed by atoms with Crippen LogP contribution in [0.15, 0.2) is 21.5 Å². The largest absolute Gasteiger partial charge is 0.143 e. The van der Waals surface area contributed by atoms with E-state index in [1.165, 1.54) is 11.1 Å². The average molecular weight is 217 g/mol. The fourth-order valence-corrected chi connectivity index (χ4v) is 1.48. The molecule has 0 spiro atoms. The Morgan fingerprint density at radius 3 is 2.30 bits per heavy atom. The summed E-state index contributed by atoms with van der Waals surface area (Å²) in [6.07, 6.45) is 0. The van der Waals surface area contributed by atoms with Gasteiger partial charge in [-0.15, -0.1) is 12.6 Å². The number of benzene rings is 1. The van der Waals surface area contributed by atoms with Crippen LogP contribution in [0.3, 0.4) is 0 Å². The van der Waals surface area contributed by atoms with E-state index < -0.39 is 0 Å². The highest BCUT2D eigenvalue weighted by Gasteiger charge is 1.97. The van der Waals surface area contributed by atoms with Gasteiger partial charge in [-0.1, -0.05) is 15.9 Å². The molecule has 0 atom stereocenters. The second-order valence-electron chi connectivity index (χ2n) is 2.39. The van der Waals surface area contributed by atoms with Crippen molar-refractivity contribution >= 4 is 28.6 Å². The van der Waals surface area contributed by atoms with Crippen molar-refractivity contribution < 1.29 is 0 Å². The van der Waals surface area contributed by atoms with Crippen molar-refractivity contribution in [3.8, 4) is 0 Å². The van der Waals surface area contributed by atoms with Crippen LogP contribution in [0, 0.1) is 13.8 Å². The first-order valence-corrected chi connectivity index (χ1v) is 4.31. The number of aryl methyl sites for hydroxylation is 2. The molecule has 1 aromatic carbocycles. The maximum Gasteiger partial charge on any atom is 0.0207 e. The highest BCUT2D eigenvalue weighted by Crippen LogP contribution is 2.22. The van der Waals surface area contributed by atoms with Gasteiger partial charge in [-0.05, 0) is 37.1 Å². The number of hydrogen-bond donors (Lipinski definition) is 1. The molecule has 0 N–H and O–H groups in total. The minimum atomic E-state index is 1.06. The van der Waals surface area contributed by atoms with Crippen LogP contribution in [0.25, 0.3) is 0 Å². The molecule has 1 rings (SSSR count). The third kappa shape index (κ3) is 1.55. The van der Waals surface area contributed by atoms with E-state index in [2.05, 4.69) is 47.6 Å². The monoisotopic (exact) mass is 216 g/mol. The van der Waals surface area contributed by atoms with Crippen LogP contribution in [0.4, 0.5) is 0 Å². The fraction of sp³-hybridized carbons (Fsp3) is 0.250. The zero-order valence-corrected chi connectivity index (χ0v) is 8.46. The van der Waals surface area contributed by atoms with Crippen LogP contribution >= 0.6 is 28.6 Å². The highest BCUT2D eigenvalue weighted by molar-refractivity contribution is 9.10. The second kappa shape index (κ2) is 2.97. The van der Waals surface area contributed by atoms with E-state index in [1.54, 1.807) is 0 Å². The Balaban J connectivity index is 3.28. The molecule has 0 bridgehead atoms. The van der Waals surface area contributed by atoms with E-state index in [0.717, 1.165) is 9.37 Å². The molecular formula is C8H9BrS. The predicted molar refractivity (Wildman–Crippen MR) is 50.9 cm³/mol. The first kappa shape index (κ1) is 8.15. The van der Waals surface area contributed by atoms with Gasteiger partial charge >= 0.3 is 0 Å². The van der Waals surface area contributed by atoms with Gasteiger partial charge in [0, 0.05) is 9.37 Å². The van der Waals surface area contributed by atoms with Crippen molar-refractivity contribution in [2.24, 2.45) is 0 Å². The first-order valence-electron chi connectivity index (χ1n) is 3.07. The van der Waals surface area contributed by atoms with Crippen molar-refractivity contribution in [1.29, 1.82) is 0 Å². The topological polar surface area (TPSA) is 0 Å². The van der Waals surface area contributed by atoms with E-state index >= 15 is 0 Å². The quantitative estimate of drug-likeness (QED) is 0.633. The van der Waals surface area contributed by atoms with Crippen LogP contribution in [-0.2, 0) is 0 Å². The van der Waals surface area contributed by atoms with E-state index in [0.29, 0.717) is 0 Å². The van der Waals surface area contributed by atoms with Gasteiger partial charge < -0.3 is 0 Å². The molecule has 0 aliphatic carbocycles. The molecule has 0 amide bonds. The van der Waals surface area contributed by atoms with Gasteiger partial charge in [0.25, 0.3) is 0 Å². The number of hydrogen-bond acceptors (Lipinski definition) is 1. The third-order valence-corrected chi connectivity index (χ3v) is 2.81. The summed E-state index contributed by atoms with van der Waals surface area (Å²) in [5.41, 5.74) is 2.44. The summed E-state index contributed by atoms with van der Waals surface area (Å²) in [4.78, 5) is 1.06. The molecule has 0 aromatic heterocycles. The fourth-order valence-electron chi connectivity index (χ4n) is 0.766. The molecule has 10 heavy (non-hydrogen) atoms. The molecule has 0 aliphatic heterocycles. The molecule has 0 saturated carbocycles. The molecule has 0 fully saturated rings. The van der Waals surface area contributed by atoms with Crippen molar-refractivity contribution in [3.63, 3.8) is 0 Å². The van der Waals surface area contributed by atoms with Gasteiger partial charge in [-0.3, -0.25) is 0 Å². The molecule has 54 valence electrons. The molecule has 1 aromatic rings. The van der Waals surface area contributed by atoms with Gasteiger partial charge in [0.1, 0.15) is 0 Å². The predicted octanol–water partition coefficient (Wildman–Crippen LogP) is 3.35. The normalized spacial score (nSPS) is 10.0. The average Bonchev–Trinajstić information content (AvgIpc) is 1.84. The van der Waals surface area contributed by atoms with E-state index in [-0.39, 0.29) is 0 Å². The maximum absolute atomic E-state index is 4.29. The van der Waals surface area contributed by atoms with Crippen LogP contribution in [-0.4, -0.2) is 0 Å². The Kier molecular flexibility index (Phi) is 2.42. The molecule has 0 saturated heterocycles. The van der Waals surface area contributed by atoms with Crippen LogP contribution in [0.5, 0.6) is 0 Å². The van der Waals surface area contributed by atoms with E-state index in [9.17, 15) is 0 Å². The lowest BCUT2D eigenvalue weighted by Crippen LogP contribution is -1.80. The van der Waals surface area contributed by atoms with Gasteiger partial charge in [-0.2, -0.15) is 0 Å². The van der Waals surface area contributed by atoms with E-state index in [1.807, 2.05) is 6.92 Å². The lowest BCUT2D eigenvalue weighted by Gasteiger charge is -2.02. The molecule has 0 radical (unpaired) electrons. The number of halogens is 1. The first-order chi connectivity index (χ1) is 4.61. The molecule has 0 nitrogen and oxygen atoms in total. The zero-order valence-electron chi connectivity index (χ0n) is 5.98. The molecule has 2 heteroatoms. The number of rotatable bonds is 0. The lowest BCUT2D eigenvalue weighted by molar-refractivity contribution is 1.25. The second-order valence-corrected chi connectivity index (χ2v) is 3.72. The standard InChI is InChI=1S/C8H9BrS/c1-5-4-8(10)6(2)3-7(5)9/h3-4,10H,1-2H3. The number of thiol groups is 1. The van der Waals surface area contributed by atoms with Crippen LogP contribution in [0.1, 0.15) is 11.1 Å². The summed E-state index contributed by atoms with van der Waals surface area (Å²) < 4.78 is 1.16. The maximum atomic E-state index is 4.29. The van der Waals surface area contributed by atoms with Crippen molar-refractivity contribution in [2.75, 3.05) is 0 Å². The van der Waals surface area contributed by atoms with E-state index in [4.69, 9.17) is 0 Å². The minimum Gasteiger partial charge on any atom is -0.143 e. The summed E-state index contributed by atoms with van der Waals surface area (Å²) >= 11 is 7.74. The Morgan fingerprint density at radius 2 is 1.80 bits per heavy atom. The van der Waals surface area contributed by atoms with Crippen LogP contribution in [0.2, 0.25) is 0 Å². The summed E-state index contributed by atoms with van der Waals surface area (Å²) in [5.74, 6) is 0. The van der Waals surface area contributed by atoms with Crippen molar-refractivity contribution in [3.05, 3.63) is 27.7 Å². The minimum absolute atomic E-state index is 1.06. The zero-order chi connectivity index (χ0) is 7.72. The highest BCUT2D eigenvalue weighted by atomic mass is 79.9. The summed E-state index contributed by atoms with van der Waals surface area (Å²) in [6.45, 7) is 4.11. The van der Waals surface area contributed by atoms with Gasteiger partial charge in [0.2, 0.25) is 0 Å². The molecule has 0 unspecified atom stereocenters. The lowest BCUT2D eigenvalue weighted by atomic mass is 10.2. The summed E-state index contributed by atoms with van der Waals surface area (Å²) in [7, 11) is 0. The molecular weight excluding hydrogens is 208 g/mol. The Bertz CT molecular complexity index is 205. The third-order valence-electron chi connectivity index (χ3n) is 1.48. The van der Waals surface area contributed by atoms with Crippen molar-refractivity contribution in [2.45, 2.75) is 18.7 Å². The van der Waals surface area contributed by atoms with Gasteiger partial charge in [-0.25, -0.2) is 0 Å². The molecule has 0 aliphatic rings. The molecule has 0 heterocycles.